The maximum atomic E-state index is 12.6. The second kappa shape index (κ2) is 9.23. The third-order valence-corrected chi connectivity index (χ3v) is 4.45. The van der Waals surface area contributed by atoms with E-state index in [1.807, 2.05) is 0 Å². The Balaban J connectivity index is 1.90. The van der Waals surface area contributed by atoms with Crippen LogP contribution in [0.4, 0.5) is 5.69 Å². The third-order valence-electron chi connectivity index (χ3n) is 4.19. The van der Waals surface area contributed by atoms with Gasteiger partial charge in [-0.3, -0.25) is 9.59 Å². The Labute approximate surface area is 181 Å². The summed E-state index contributed by atoms with van der Waals surface area (Å²) in [5.41, 5.74) is -0.191. The van der Waals surface area contributed by atoms with Gasteiger partial charge in [0.1, 0.15) is 11.4 Å². The summed E-state index contributed by atoms with van der Waals surface area (Å²) in [5, 5.41) is 3.00. The second-order valence-corrected chi connectivity index (χ2v) is 6.65. The van der Waals surface area contributed by atoms with Gasteiger partial charge in [0.05, 0.1) is 25.3 Å². The van der Waals surface area contributed by atoms with Crippen molar-refractivity contribution >= 4 is 35.1 Å². The minimum Gasteiger partial charge on any atom is -0.465 e. The molecule has 2 N–H and O–H groups in total. The molecule has 0 aliphatic carbocycles. The van der Waals surface area contributed by atoms with Crippen LogP contribution >= 0.6 is 11.6 Å². The molecule has 2 aromatic carbocycles. The Morgan fingerprint density at radius 2 is 1.55 bits per heavy atom. The second-order valence-electron chi connectivity index (χ2n) is 6.22. The molecule has 0 spiro atoms. The maximum Gasteiger partial charge on any atom is 0.337 e. The molecular formula is C21H16ClN3O6. The van der Waals surface area contributed by atoms with Crippen molar-refractivity contribution in [2.45, 2.75) is 0 Å². The average Bonchev–Trinajstić information content (AvgIpc) is 2.78. The number of aromatic nitrogens is 2. The number of hydrogen-bond acceptors (Lipinski definition) is 7. The molecule has 0 radical (unpaired) electrons. The number of ether oxygens (including phenoxy) is 2. The summed E-state index contributed by atoms with van der Waals surface area (Å²) < 4.78 is 9.31. The molecular weight excluding hydrogens is 426 g/mol. The van der Waals surface area contributed by atoms with Gasteiger partial charge in [0.25, 0.3) is 11.5 Å². The molecule has 0 unspecified atom stereocenters. The Kier molecular flexibility index (Phi) is 6.46. The fraction of sp³-hybridized carbons (Fsp3) is 0.0952. The van der Waals surface area contributed by atoms with Gasteiger partial charge in [-0.2, -0.15) is 0 Å². The monoisotopic (exact) mass is 441 g/mol. The van der Waals surface area contributed by atoms with Crippen LogP contribution in [0.15, 0.2) is 53.5 Å². The van der Waals surface area contributed by atoms with Crippen LogP contribution in [-0.4, -0.2) is 42.0 Å². The lowest BCUT2D eigenvalue weighted by Gasteiger charge is -2.09. The zero-order valence-electron chi connectivity index (χ0n) is 16.4. The molecule has 0 saturated carbocycles. The van der Waals surface area contributed by atoms with Crippen LogP contribution < -0.4 is 10.9 Å². The summed E-state index contributed by atoms with van der Waals surface area (Å²) in [6.07, 6.45) is 1.13. The first-order valence-electron chi connectivity index (χ1n) is 8.80. The summed E-state index contributed by atoms with van der Waals surface area (Å²) in [4.78, 5) is 55.4. The smallest absolute Gasteiger partial charge is 0.337 e. The number of carbonyl (C=O) groups excluding carboxylic acids is 3. The summed E-state index contributed by atoms with van der Waals surface area (Å²) in [6, 6.07) is 10.5. The number of carbonyl (C=O) groups is 3. The number of aromatic amines is 1. The van der Waals surface area contributed by atoms with Gasteiger partial charge in [-0.1, -0.05) is 11.6 Å². The van der Waals surface area contributed by atoms with E-state index in [1.54, 1.807) is 24.3 Å². The molecule has 0 atom stereocenters. The van der Waals surface area contributed by atoms with Crippen molar-refractivity contribution in [3.8, 4) is 11.4 Å². The molecule has 1 amide bonds. The molecule has 3 rings (SSSR count). The van der Waals surface area contributed by atoms with E-state index in [0.717, 1.165) is 6.20 Å². The molecule has 0 aliphatic rings. The molecule has 158 valence electrons. The van der Waals surface area contributed by atoms with Crippen molar-refractivity contribution in [3.63, 3.8) is 0 Å². The number of anilines is 1. The topological polar surface area (TPSA) is 127 Å². The number of nitrogens with zero attached hydrogens (tertiary/aromatic N) is 1. The summed E-state index contributed by atoms with van der Waals surface area (Å²) in [7, 11) is 2.36. The number of H-pyrrole nitrogens is 1. The summed E-state index contributed by atoms with van der Waals surface area (Å²) >= 11 is 5.85. The number of benzene rings is 2. The maximum absolute atomic E-state index is 12.6. The molecule has 1 aromatic heterocycles. The Hall–Kier alpha value is -3.98. The molecule has 0 fully saturated rings. The number of rotatable bonds is 5. The standard InChI is InChI=1S/C21H16ClN3O6/c1-30-20(28)12-7-13(21(29)31-2)9-15(8-12)24-18(26)16-10-23-17(25-19(16)27)11-3-5-14(22)6-4-11/h3-10H,1-2H3,(H,24,26)(H,23,25,27). The van der Waals surface area contributed by atoms with E-state index in [2.05, 4.69) is 24.8 Å². The van der Waals surface area contributed by atoms with Crippen molar-refractivity contribution in [1.82, 2.24) is 9.97 Å². The minimum absolute atomic E-state index is 0.0193. The van der Waals surface area contributed by atoms with Crippen molar-refractivity contribution in [2.24, 2.45) is 0 Å². The molecule has 0 aliphatic heterocycles. The highest BCUT2D eigenvalue weighted by Crippen LogP contribution is 2.19. The van der Waals surface area contributed by atoms with E-state index < -0.39 is 23.4 Å². The van der Waals surface area contributed by atoms with Crippen molar-refractivity contribution in [3.05, 3.63) is 80.7 Å². The van der Waals surface area contributed by atoms with E-state index in [1.165, 1.54) is 32.4 Å². The highest BCUT2D eigenvalue weighted by Gasteiger charge is 2.17. The molecule has 31 heavy (non-hydrogen) atoms. The first kappa shape index (κ1) is 21.7. The summed E-state index contributed by atoms with van der Waals surface area (Å²) in [6.45, 7) is 0. The van der Waals surface area contributed by atoms with E-state index >= 15 is 0 Å². The number of nitrogens with one attached hydrogen (secondary N) is 2. The van der Waals surface area contributed by atoms with Gasteiger partial charge in [-0.25, -0.2) is 14.6 Å². The van der Waals surface area contributed by atoms with Crippen LogP contribution in [-0.2, 0) is 9.47 Å². The van der Waals surface area contributed by atoms with Crippen molar-refractivity contribution in [1.29, 1.82) is 0 Å². The Morgan fingerprint density at radius 1 is 0.968 bits per heavy atom. The number of methoxy groups -OCH3 is 2. The van der Waals surface area contributed by atoms with Gasteiger partial charge in [0.15, 0.2) is 0 Å². The van der Waals surface area contributed by atoms with Gasteiger partial charge in [0.2, 0.25) is 0 Å². The van der Waals surface area contributed by atoms with Crippen LogP contribution in [0, 0.1) is 0 Å². The van der Waals surface area contributed by atoms with E-state index in [9.17, 15) is 19.2 Å². The Morgan fingerprint density at radius 3 is 2.06 bits per heavy atom. The van der Waals surface area contributed by atoms with Gasteiger partial charge < -0.3 is 19.8 Å². The normalized spacial score (nSPS) is 10.3. The predicted octanol–water partition coefficient (Wildman–Crippen LogP) is 2.92. The number of hydrogen-bond donors (Lipinski definition) is 2. The van der Waals surface area contributed by atoms with Crippen LogP contribution in [0.25, 0.3) is 11.4 Å². The quantitative estimate of drug-likeness (QED) is 0.582. The highest BCUT2D eigenvalue weighted by atomic mass is 35.5. The Bertz CT molecular complexity index is 1190. The van der Waals surface area contributed by atoms with Gasteiger partial charge in [0, 0.05) is 22.5 Å². The number of halogens is 1. The van der Waals surface area contributed by atoms with Crippen LogP contribution in [0.5, 0.6) is 0 Å². The van der Waals surface area contributed by atoms with Crippen LogP contribution in [0.1, 0.15) is 31.1 Å². The van der Waals surface area contributed by atoms with Gasteiger partial charge in [-0.15, -0.1) is 0 Å². The summed E-state index contributed by atoms with van der Waals surface area (Å²) in [5.74, 6) is -1.95. The molecule has 3 aromatic rings. The van der Waals surface area contributed by atoms with E-state index in [-0.39, 0.29) is 28.2 Å². The highest BCUT2D eigenvalue weighted by molar-refractivity contribution is 6.30. The van der Waals surface area contributed by atoms with E-state index in [4.69, 9.17) is 11.6 Å². The van der Waals surface area contributed by atoms with E-state index in [0.29, 0.717) is 10.6 Å². The lowest BCUT2D eigenvalue weighted by Crippen LogP contribution is -2.24. The van der Waals surface area contributed by atoms with Crippen LogP contribution in [0.3, 0.4) is 0 Å². The fourth-order valence-electron chi connectivity index (χ4n) is 2.68. The molecule has 9 nitrogen and oxygen atoms in total. The van der Waals surface area contributed by atoms with Gasteiger partial charge >= 0.3 is 11.9 Å². The molecule has 1 heterocycles. The van der Waals surface area contributed by atoms with Crippen LogP contribution in [0.2, 0.25) is 5.02 Å². The average molecular weight is 442 g/mol. The lowest BCUT2D eigenvalue weighted by atomic mass is 10.1. The minimum atomic E-state index is -0.783. The largest absolute Gasteiger partial charge is 0.465 e. The zero-order chi connectivity index (χ0) is 22.5. The SMILES string of the molecule is COC(=O)c1cc(NC(=O)c2cnc(-c3ccc(Cl)cc3)[nH]c2=O)cc(C(=O)OC)c1. The molecule has 0 bridgehead atoms. The van der Waals surface area contributed by atoms with Crippen molar-refractivity contribution < 1.29 is 23.9 Å². The lowest BCUT2D eigenvalue weighted by molar-refractivity contribution is 0.0599. The van der Waals surface area contributed by atoms with Gasteiger partial charge in [-0.05, 0) is 42.5 Å². The molecule has 10 heteroatoms. The zero-order valence-corrected chi connectivity index (χ0v) is 17.1. The number of esters is 2. The predicted molar refractivity (Wildman–Crippen MR) is 112 cm³/mol. The fourth-order valence-corrected chi connectivity index (χ4v) is 2.81. The molecule has 0 saturated heterocycles. The first-order chi connectivity index (χ1) is 14.8. The van der Waals surface area contributed by atoms with Crippen molar-refractivity contribution in [2.75, 3.05) is 19.5 Å². The third kappa shape index (κ3) is 4.96. The first-order valence-corrected chi connectivity index (χ1v) is 9.18. The number of amides is 1.